The maximum absolute atomic E-state index is 10.6. The van der Waals surface area contributed by atoms with Crippen LogP contribution in [0.4, 0.5) is 0 Å². The first-order valence-electron chi connectivity index (χ1n) is 8.97. The third kappa shape index (κ3) is 3.30. The van der Waals surface area contributed by atoms with Crippen molar-refractivity contribution in [3.63, 3.8) is 0 Å². The lowest BCUT2D eigenvalue weighted by molar-refractivity contribution is 0.141. The number of fused-ring (bicyclic) bond motifs is 1. The van der Waals surface area contributed by atoms with Gasteiger partial charge in [-0.3, -0.25) is 9.88 Å². The minimum atomic E-state index is -0.294. The molecule has 4 rings (SSSR count). The summed E-state index contributed by atoms with van der Waals surface area (Å²) in [5.41, 5.74) is 2.29. The number of likely N-dealkylation sites (tertiary alicyclic amines) is 1. The van der Waals surface area contributed by atoms with Crippen molar-refractivity contribution in [3.05, 3.63) is 60.3 Å². The molecule has 1 aliphatic rings. The van der Waals surface area contributed by atoms with Crippen LogP contribution in [0.3, 0.4) is 0 Å². The quantitative estimate of drug-likeness (QED) is 0.778. The number of pyridine rings is 1. The molecular formula is C20H24N4O. The number of aliphatic hydroxyl groups is 1. The van der Waals surface area contributed by atoms with E-state index < -0.39 is 0 Å². The highest BCUT2D eigenvalue weighted by molar-refractivity contribution is 5.81. The van der Waals surface area contributed by atoms with E-state index in [2.05, 4.69) is 44.6 Å². The maximum atomic E-state index is 10.6. The predicted octanol–water partition coefficient (Wildman–Crippen LogP) is 2.49. The van der Waals surface area contributed by atoms with E-state index in [9.17, 15) is 5.11 Å². The maximum Gasteiger partial charge on any atom is 0.122 e. The number of rotatable bonds is 5. The molecule has 0 amide bonds. The third-order valence-corrected chi connectivity index (χ3v) is 5.21. The van der Waals surface area contributed by atoms with Crippen molar-refractivity contribution >= 4 is 10.9 Å². The Bertz CT molecular complexity index is 854. The lowest BCUT2D eigenvalue weighted by Crippen LogP contribution is -2.23. The molecule has 1 N–H and O–H groups in total. The van der Waals surface area contributed by atoms with Gasteiger partial charge in [0.05, 0.1) is 18.2 Å². The van der Waals surface area contributed by atoms with E-state index in [1.807, 2.05) is 30.7 Å². The number of hydrogen-bond donors (Lipinski definition) is 1. The second-order valence-corrected chi connectivity index (χ2v) is 6.84. The molecule has 2 aromatic heterocycles. The summed E-state index contributed by atoms with van der Waals surface area (Å²) in [5.74, 6) is 1.32. The Hall–Kier alpha value is -2.24. The van der Waals surface area contributed by atoms with Crippen LogP contribution < -0.4 is 0 Å². The van der Waals surface area contributed by atoms with Crippen molar-refractivity contribution in [1.82, 2.24) is 19.4 Å². The van der Waals surface area contributed by atoms with E-state index in [0.29, 0.717) is 6.54 Å². The largest absolute Gasteiger partial charge is 0.391 e. The fourth-order valence-corrected chi connectivity index (χ4v) is 3.87. The summed E-state index contributed by atoms with van der Waals surface area (Å²) >= 11 is 0. The van der Waals surface area contributed by atoms with Crippen molar-refractivity contribution in [2.75, 3.05) is 13.1 Å². The summed E-state index contributed by atoms with van der Waals surface area (Å²) < 4.78 is 2.16. The molecule has 0 radical (unpaired) electrons. The van der Waals surface area contributed by atoms with E-state index in [4.69, 9.17) is 0 Å². The highest BCUT2D eigenvalue weighted by atomic mass is 16.3. The van der Waals surface area contributed by atoms with Crippen LogP contribution in [-0.2, 0) is 19.5 Å². The molecule has 5 nitrogen and oxygen atoms in total. The molecule has 0 saturated carbocycles. The average Bonchev–Trinajstić information content (AvgIpc) is 3.22. The zero-order chi connectivity index (χ0) is 17.2. The SMILES string of the molecule is CCn1ccnc1CN1C[C@@H](Cc2ccnc3ccccc23)[C@@H](O)C1. The van der Waals surface area contributed by atoms with E-state index in [1.165, 1.54) is 10.9 Å². The fraction of sp³-hybridized carbons (Fsp3) is 0.400. The first-order valence-corrected chi connectivity index (χ1v) is 8.97. The normalized spacial score (nSPS) is 21.2. The molecule has 0 unspecified atom stereocenters. The van der Waals surface area contributed by atoms with E-state index in [0.717, 1.165) is 37.4 Å². The molecule has 25 heavy (non-hydrogen) atoms. The van der Waals surface area contributed by atoms with Gasteiger partial charge in [-0.25, -0.2) is 4.98 Å². The zero-order valence-electron chi connectivity index (χ0n) is 14.5. The van der Waals surface area contributed by atoms with Crippen LogP contribution in [0.2, 0.25) is 0 Å². The van der Waals surface area contributed by atoms with Gasteiger partial charge in [-0.05, 0) is 31.0 Å². The molecule has 0 aliphatic carbocycles. The van der Waals surface area contributed by atoms with Crippen LogP contribution in [0, 0.1) is 5.92 Å². The van der Waals surface area contributed by atoms with Crippen molar-refractivity contribution in [2.24, 2.45) is 5.92 Å². The molecule has 1 aromatic carbocycles. The number of aliphatic hydroxyl groups excluding tert-OH is 1. The second kappa shape index (κ2) is 6.94. The molecule has 5 heteroatoms. The smallest absolute Gasteiger partial charge is 0.122 e. The highest BCUT2D eigenvalue weighted by Gasteiger charge is 2.32. The first-order chi connectivity index (χ1) is 12.2. The van der Waals surface area contributed by atoms with Crippen LogP contribution in [-0.4, -0.2) is 43.7 Å². The van der Waals surface area contributed by atoms with Gasteiger partial charge in [-0.15, -0.1) is 0 Å². The Morgan fingerprint density at radius 2 is 2.00 bits per heavy atom. The number of para-hydroxylation sites is 1. The van der Waals surface area contributed by atoms with Gasteiger partial charge in [0.15, 0.2) is 0 Å². The topological polar surface area (TPSA) is 54.2 Å². The predicted molar refractivity (Wildman–Crippen MR) is 98.1 cm³/mol. The van der Waals surface area contributed by atoms with Crippen LogP contribution in [0.5, 0.6) is 0 Å². The van der Waals surface area contributed by atoms with E-state index >= 15 is 0 Å². The molecule has 0 bridgehead atoms. The summed E-state index contributed by atoms with van der Waals surface area (Å²) in [5, 5.41) is 11.8. The van der Waals surface area contributed by atoms with Gasteiger partial charge in [0.2, 0.25) is 0 Å². The van der Waals surface area contributed by atoms with Gasteiger partial charge in [0.1, 0.15) is 5.82 Å². The van der Waals surface area contributed by atoms with Crippen LogP contribution in [0.1, 0.15) is 18.3 Å². The minimum absolute atomic E-state index is 0.246. The average molecular weight is 336 g/mol. The molecule has 2 atom stereocenters. The van der Waals surface area contributed by atoms with Gasteiger partial charge < -0.3 is 9.67 Å². The minimum Gasteiger partial charge on any atom is -0.391 e. The molecule has 130 valence electrons. The standard InChI is InChI=1S/C20H24N4O/c1-2-24-10-9-22-20(24)14-23-12-16(19(25)13-23)11-15-7-8-21-18-6-4-3-5-17(15)18/h3-10,16,19,25H,2,11-14H2,1H3/t16-,19+/m1/s1. The molecule has 1 fully saturated rings. The van der Waals surface area contributed by atoms with Crippen LogP contribution >= 0.6 is 0 Å². The third-order valence-electron chi connectivity index (χ3n) is 5.21. The van der Waals surface area contributed by atoms with Crippen LogP contribution in [0.25, 0.3) is 10.9 Å². The number of benzene rings is 1. The van der Waals surface area contributed by atoms with Gasteiger partial charge in [0, 0.05) is 49.5 Å². The number of imidazole rings is 1. The number of aromatic nitrogens is 3. The number of nitrogens with zero attached hydrogens (tertiary/aromatic N) is 4. The van der Waals surface area contributed by atoms with Crippen molar-refractivity contribution < 1.29 is 5.11 Å². The van der Waals surface area contributed by atoms with Crippen molar-refractivity contribution in [2.45, 2.75) is 32.5 Å². The summed E-state index contributed by atoms with van der Waals surface area (Å²) in [7, 11) is 0. The summed E-state index contributed by atoms with van der Waals surface area (Å²) in [6.07, 6.45) is 6.32. The van der Waals surface area contributed by atoms with Crippen LogP contribution in [0.15, 0.2) is 48.9 Å². The zero-order valence-corrected chi connectivity index (χ0v) is 14.5. The van der Waals surface area contributed by atoms with Gasteiger partial charge >= 0.3 is 0 Å². The highest BCUT2D eigenvalue weighted by Crippen LogP contribution is 2.26. The molecule has 1 saturated heterocycles. The molecule has 3 aromatic rings. The van der Waals surface area contributed by atoms with E-state index in [-0.39, 0.29) is 12.0 Å². The monoisotopic (exact) mass is 336 g/mol. The second-order valence-electron chi connectivity index (χ2n) is 6.84. The number of hydrogen-bond acceptors (Lipinski definition) is 4. The van der Waals surface area contributed by atoms with Gasteiger partial charge in [-0.2, -0.15) is 0 Å². The number of β-amino-alcohol motifs (C(OH)–C–C–N with tert-alkyl or cyclic N) is 1. The Labute approximate surface area is 147 Å². The Balaban J connectivity index is 1.48. The molecule has 1 aliphatic heterocycles. The summed E-state index contributed by atoms with van der Waals surface area (Å²) in [6, 6.07) is 10.3. The van der Waals surface area contributed by atoms with Crippen molar-refractivity contribution in [3.8, 4) is 0 Å². The number of aryl methyl sites for hydroxylation is 1. The summed E-state index contributed by atoms with van der Waals surface area (Å²) in [4.78, 5) is 11.2. The van der Waals surface area contributed by atoms with Gasteiger partial charge in [-0.1, -0.05) is 18.2 Å². The molecule has 0 spiro atoms. The summed E-state index contributed by atoms with van der Waals surface area (Å²) in [6.45, 7) is 5.46. The van der Waals surface area contributed by atoms with E-state index in [1.54, 1.807) is 0 Å². The van der Waals surface area contributed by atoms with Crippen molar-refractivity contribution in [1.29, 1.82) is 0 Å². The molecule has 3 heterocycles. The first kappa shape index (κ1) is 16.2. The molecular weight excluding hydrogens is 312 g/mol. The fourth-order valence-electron chi connectivity index (χ4n) is 3.87. The lowest BCUT2D eigenvalue weighted by atomic mass is 9.94. The lowest BCUT2D eigenvalue weighted by Gasteiger charge is -2.16. The van der Waals surface area contributed by atoms with Gasteiger partial charge in [0.25, 0.3) is 0 Å². The Morgan fingerprint density at radius 1 is 1.12 bits per heavy atom. The Kier molecular flexibility index (Phi) is 4.51. The Morgan fingerprint density at radius 3 is 2.88 bits per heavy atom.